The average molecular weight is 451 g/mol. The van der Waals surface area contributed by atoms with Crippen molar-refractivity contribution in [1.29, 1.82) is 0 Å². The van der Waals surface area contributed by atoms with Crippen LogP contribution in [0.1, 0.15) is 15.9 Å². The van der Waals surface area contributed by atoms with E-state index in [1.807, 2.05) is 13.0 Å². The van der Waals surface area contributed by atoms with Crippen LogP contribution in [-0.2, 0) is 0 Å². The molecule has 0 fully saturated rings. The Labute approximate surface area is 188 Å². The standard InChI is InChI=1S/C23H16Cl2N4O2/c1-14-4-5-15(22(30)29-20-12-16(24)6-7-18(20)25)11-21(14)31-23-17(3-2-9-27-23)19-8-10-26-13-28-19/h2-13H,1H3,(H,29,30). The van der Waals surface area contributed by atoms with E-state index in [1.165, 1.54) is 6.33 Å². The second-order valence-electron chi connectivity index (χ2n) is 6.61. The Morgan fingerprint density at radius 3 is 2.68 bits per heavy atom. The van der Waals surface area contributed by atoms with Gasteiger partial charge in [-0.1, -0.05) is 29.3 Å². The number of aromatic nitrogens is 3. The van der Waals surface area contributed by atoms with E-state index in [1.54, 1.807) is 60.9 Å². The molecule has 2 aromatic heterocycles. The van der Waals surface area contributed by atoms with Gasteiger partial charge in [-0.05, 0) is 61.0 Å². The van der Waals surface area contributed by atoms with Gasteiger partial charge in [0.2, 0.25) is 5.88 Å². The maximum Gasteiger partial charge on any atom is 0.255 e. The van der Waals surface area contributed by atoms with Crippen LogP contribution in [0.25, 0.3) is 11.3 Å². The highest BCUT2D eigenvalue weighted by molar-refractivity contribution is 6.35. The predicted molar refractivity (Wildman–Crippen MR) is 121 cm³/mol. The molecule has 2 aromatic carbocycles. The summed E-state index contributed by atoms with van der Waals surface area (Å²) < 4.78 is 6.08. The summed E-state index contributed by atoms with van der Waals surface area (Å²) in [5, 5.41) is 3.64. The summed E-state index contributed by atoms with van der Waals surface area (Å²) in [6.07, 6.45) is 4.74. The summed E-state index contributed by atoms with van der Waals surface area (Å²) >= 11 is 12.2. The number of hydrogen-bond donors (Lipinski definition) is 1. The molecule has 0 unspecified atom stereocenters. The molecule has 0 aliphatic carbocycles. The fourth-order valence-electron chi connectivity index (χ4n) is 2.86. The van der Waals surface area contributed by atoms with Crippen molar-refractivity contribution in [3.05, 3.63) is 94.5 Å². The van der Waals surface area contributed by atoms with Crippen LogP contribution in [0.2, 0.25) is 10.0 Å². The summed E-state index contributed by atoms with van der Waals surface area (Å²) in [6, 6.07) is 15.5. The minimum absolute atomic E-state index is 0.342. The van der Waals surface area contributed by atoms with Crippen LogP contribution in [0, 0.1) is 6.92 Å². The molecule has 0 atom stereocenters. The highest BCUT2D eigenvalue weighted by Crippen LogP contribution is 2.32. The van der Waals surface area contributed by atoms with E-state index >= 15 is 0 Å². The number of hydrogen-bond acceptors (Lipinski definition) is 5. The Hall–Kier alpha value is -3.48. The van der Waals surface area contributed by atoms with Gasteiger partial charge in [0.05, 0.1) is 22.0 Å². The molecule has 0 aliphatic rings. The van der Waals surface area contributed by atoms with E-state index < -0.39 is 0 Å². The molecule has 6 nitrogen and oxygen atoms in total. The highest BCUT2D eigenvalue weighted by Gasteiger charge is 2.15. The smallest absolute Gasteiger partial charge is 0.255 e. The fraction of sp³-hybridized carbons (Fsp3) is 0.0435. The summed E-state index contributed by atoms with van der Waals surface area (Å²) in [4.78, 5) is 25.3. The third-order valence-corrected chi connectivity index (χ3v) is 5.03. The molecule has 0 saturated heterocycles. The summed E-state index contributed by atoms with van der Waals surface area (Å²) in [6.45, 7) is 1.89. The lowest BCUT2D eigenvalue weighted by Crippen LogP contribution is -2.12. The lowest BCUT2D eigenvalue weighted by atomic mass is 10.1. The van der Waals surface area contributed by atoms with E-state index in [4.69, 9.17) is 27.9 Å². The number of carbonyl (C=O) groups is 1. The molecular formula is C23H16Cl2N4O2. The molecule has 4 aromatic rings. The van der Waals surface area contributed by atoms with Crippen LogP contribution in [0.4, 0.5) is 5.69 Å². The molecule has 31 heavy (non-hydrogen) atoms. The van der Waals surface area contributed by atoms with Gasteiger partial charge < -0.3 is 10.1 Å². The van der Waals surface area contributed by atoms with E-state index in [0.717, 1.165) is 5.56 Å². The van der Waals surface area contributed by atoms with Gasteiger partial charge in [0.1, 0.15) is 12.1 Å². The van der Waals surface area contributed by atoms with Crippen molar-refractivity contribution < 1.29 is 9.53 Å². The minimum atomic E-state index is -0.342. The largest absolute Gasteiger partial charge is 0.438 e. The number of pyridine rings is 1. The highest BCUT2D eigenvalue weighted by atomic mass is 35.5. The van der Waals surface area contributed by atoms with E-state index in [9.17, 15) is 4.79 Å². The van der Waals surface area contributed by atoms with Gasteiger partial charge in [-0.3, -0.25) is 4.79 Å². The minimum Gasteiger partial charge on any atom is -0.438 e. The predicted octanol–water partition coefficient (Wildman–Crippen LogP) is 6.20. The summed E-state index contributed by atoms with van der Waals surface area (Å²) in [5.74, 6) is 0.532. The lowest BCUT2D eigenvalue weighted by Gasteiger charge is -2.13. The molecule has 2 heterocycles. The van der Waals surface area contributed by atoms with Gasteiger partial charge >= 0.3 is 0 Å². The normalized spacial score (nSPS) is 10.5. The van der Waals surface area contributed by atoms with Crippen LogP contribution in [0.15, 0.2) is 73.3 Å². The Kier molecular flexibility index (Phi) is 6.11. The van der Waals surface area contributed by atoms with Crippen molar-refractivity contribution in [2.24, 2.45) is 0 Å². The third-order valence-electron chi connectivity index (χ3n) is 4.46. The number of rotatable bonds is 5. The van der Waals surface area contributed by atoms with Crippen LogP contribution in [0.5, 0.6) is 11.6 Å². The molecule has 0 radical (unpaired) electrons. The van der Waals surface area contributed by atoms with Crippen LogP contribution >= 0.6 is 23.2 Å². The molecule has 1 amide bonds. The van der Waals surface area contributed by atoms with E-state index in [2.05, 4.69) is 20.3 Å². The first-order valence-electron chi connectivity index (χ1n) is 9.27. The van der Waals surface area contributed by atoms with Crippen LogP contribution < -0.4 is 10.1 Å². The van der Waals surface area contributed by atoms with Crippen molar-refractivity contribution in [2.75, 3.05) is 5.32 Å². The first-order valence-corrected chi connectivity index (χ1v) is 10.0. The quantitative estimate of drug-likeness (QED) is 0.391. The molecule has 8 heteroatoms. The van der Waals surface area contributed by atoms with Crippen molar-refractivity contribution in [2.45, 2.75) is 6.92 Å². The topological polar surface area (TPSA) is 77.0 Å². The Morgan fingerprint density at radius 2 is 1.87 bits per heavy atom. The number of aryl methyl sites for hydroxylation is 1. The van der Waals surface area contributed by atoms with Gasteiger partial charge in [-0.25, -0.2) is 15.0 Å². The van der Waals surface area contributed by atoms with Gasteiger partial charge in [0.25, 0.3) is 5.91 Å². The second kappa shape index (κ2) is 9.12. The van der Waals surface area contributed by atoms with Crippen molar-refractivity contribution >= 4 is 34.8 Å². The van der Waals surface area contributed by atoms with Crippen LogP contribution in [-0.4, -0.2) is 20.9 Å². The first kappa shape index (κ1) is 20.8. The van der Waals surface area contributed by atoms with Crippen molar-refractivity contribution in [3.63, 3.8) is 0 Å². The maximum atomic E-state index is 12.8. The van der Waals surface area contributed by atoms with Crippen molar-refractivity contribution in [1.82, 2.24) is 15.0 Å². The van der Waals surface area contributed by atoms with Gasteiger partial charge in [0.15, 0.2) is 0 Å². The number of nitrogens with zero attached hydrogens (tertiary/aromatic N) is 3. The fourth-order valence-corrected chi connectivity index (χ4v) is 3.20. The molecule has 154 valence electrons. The SMILES string of the molecule is Cc1ccc(C(=O)Nc2cc(Cl)ccc2Cl)cc1Oc1ncccc1-c1ccncn1. The Morgan fingerprint density at radius 1 is 1.00 bits per heavy atom. The number of carbonyl (C=O) groups excluding carboxylic acids is 1. The monoisotopic (exact) mass is 450 g/mol. The number of benzene rings is 2. The summed E-state index contributed by atoms with van der Waals surface area (Å²) in [7, 11) is 0. The molecule has 4 rings (SSSR count). The zero-order valence-electron chi connectivity index (χ0n) is 16.3. The number of ether oxygens (including phenoxy) is 1. The van der Waals surface area contributed by atoms with E-state index in [-0.39, 0.29) is 5.91 Å². The van der Waals surface area contributed by atoms with Gasteiger partial charge in [-0.15, -0.1) is 0 Å². The zero-order chi connectivity index (χ0) is 21.8. The Balaban J connectivity index is 1.62. The maximum absolute atomic E-state index is 12.8. The molecule has 0 saturated carbocycles. The molecule has 0 spiro atoms. The second-order valence-corrected chi connectivity index (χ2v) is 7.46. The number of anilines is 1. The number of amides is 1. The number of nitrogens with one attached hydrogen (secondary N) is 1. The zero-order valence-corrected chi connectivity index (χ0v) is 17.9. The lowest BCUT2D eigenvalue weighted by molar-refractivity contribution is 0.102. The average Bonchev–Trinajstić information content (AvgIpc) is 2.78. The Bertz CT molecular complexity index is 1250. The van der Waals surface area contributed by atoms with Gasteiger partial charge in [-0.2, -0.15) is 0 Å². The molecule has 0 bridgehead atoms. The van der Waals surface area contributed by atoms with Gasteiger partial charge in [0, 0.05) is 23.0 Å². The van der Waals surface area contributed by atoms with Crippen molar-refractivity contribution in [3.8, 4) is 22.9 Å². The first-order chi connectivity index (χ1) is 15.0. The molecule has 0 aliphatic heterocycles. The van der Waals surface area contributed by atoms with Crippen LogP contribution in [0.3, 0.4) is 0 Å². The third kappa shape index (κ3) is 4.82. The van der Waals surface area contributed by atoms with E-state index in [0.29, 0.717) is 44.2 Å². The summed E-state index contributed by atoms with van der Waals surface area (Å²) in [5.41, 5.74) is 3.07. The molecular weight excluding hydrogens is 435 g/mol. The molecule has 1 N–H and O–H groups in total. The number of halogens is 2.